The van der Waals surface area contributed by atoms with Gasteiger partial charge in [0.2, 0.25) is 0 Å². The minimum atomic E-state index is -0.0291. The van der Waals surface area contributed by atoms with Crippen LogP contribution in [0.4, 0.5) is 0 Å². The van der Waals surface area contributed by atoms with Crippen LogP contribution in [-0.4, -0.2) is 28.3 Å². The van der Waals surface area contributed by atoms with Crippen LogP contribution in [0, 0.1) is 5.92 Å². The van der Waals surface area contributed by atoms with Crippen molar-refractivity contribution in [1.82, 2.24) is 9.78 Å². The van der Waals surface area contributed by atoms with Gasteiger partial charge in [-0.3, -0.25) is 9.48 Å². The molecule has 0 amide bonds. The first-order valence-corrected chi connectivity index (χ1v) is 6.81. The molecule has 2 rings (SSSR count). The highest BCUT2D eigenvalue weighted by molar-refractivity contribution is 9.10. The molecule has 4 nitrogen and oxygen atoms in total. The molecule has 1 aliphatic rings. The van der Waals surface area contributed by atoms with Crippen LogP contribution in [0.3, 0.4) is 0 Å². The molecule has 0 N–H and O–H groups in total. The second-order valence-corrected chi connectivity index (χ2v) is 5.25. The first kappa shape index (κ1) is 12.8. The quantitative estimate of drug-likeness (QED) is 0.803. The van der Waals surface area contributed by atoms with Crippen LogP contribution in [0.5, 0.6) is 0 Å². The number of ether oxygens (including phenoxy) is 1. The maximum Gasteiger partial charge on any atom is 0.187 e. The Morgan fingerprint density at radius 3 is 3.06 bits per heavy atom. The number of halogens is 1. The molecule has 0 aliphatic carbocycles. The molecule has 1 fully saturated rings. The van der Waals surface area contributed by atoms with Crippen LogP contribution in [0.15, 0.2) is 10.7 Å². The lowest BCUT2D eigenvalue weighted by molar-refractivity contribution is 0.0754. The number of nitrogens with zero attached hydrogens (tertiary/aromatic N) is 2. The predicted molar refractivity (Wildman–Crippen MR) is 68.1 cm³/mol. The van der Waals surface area contributed by atoms with Crippen molar-refractivity contribution in [3.63, 3.8) is 0 Å². The van der Waals surface area contributed by atoms with Gasteiger partial charge in [-0.15, -0.1) is 0 Å². The molecule has 0 saturated carbocycles. The van der Waals surface area contributed by atoms with Crippen molar-refractivity contribution in [3.05, 3.63) is 16.4 Å². The Hall–Kier alpha value is -0.680. The summed E-state index contributed by atoms with van der Waals surface area (Å²) in [7, 11) is 0. The van der Waals surface area contributed by atoms with Crippen LogP contribution in [-0.2, 0) is 11.3 Å². The number of ketones is 1. The number of Topliss-reactive ketones (excluding diaryl/α,β-unsaturated/α-hetero) is 1. The van der Waals surface area contributed by atoms with Gasteiger partial charge < -0.3 is 4.74 Å². The van der Waals surface area contributed by atoms with Gasteiger partial charge >= 0.3 is 0 Å². The van der Waals surface area contributed by atoms with E-state index in [2.05, 4.69) is 28.0 Å². The van der Waals surface area contributed by atoms with Crippen LogP contribution in [0.1, 0.15) is 37.2 Å². The number of hydrogen-bond donors (Lipinski definition) is 0. The van der Waals surface area contributed by atoms with Crippen molar-refractivity contribution < 1.29 is 9.53 Å². The van der Waals surface area contributed by atoms with E-state index in [0.717, 1.165) is 23.9 Å². The SMILES string of the molecule is CCCn1ncc(Br)c1C(=O)C1CCOC1C. The van der Waals surface area contributed by atoms with Gasteiger partial charge in [0, 0.05) is 13.2 Å². The standard InChI is InChI=1S/C12H17BrN2O2/c1-3-5-15-11(10(13)7-14-15)12(16)9-4-6-17-8(9)2/h7-9H,3-6H2,1-2H3. The topological polar surface area (TPSA) is 44.1 Å². The molecule has 1 aromatic heterocycles. The zero-order valence-corrected chi connectivity index (χ0v) is 11.7. The average Bonchev–Trinajstić information content (AvgIpc) is 2.86. The summed E-state index contributed by atoms with van der Waals surface area (Å²) in [6, 6.07) is 0. The maximum absolute atomic E-state index is 12.5. The van der Waals surface area contributed by atoms with Crippen LogP contribution < -0.4 is 0 Å². The van der Waals surface area contributed by atoms with E-state index >= 15 is 0 Å². The molecule has 1 aromatic rings. The van der Waals surface area contributed by atoms with Gasteiger partial charge in [-0.1, -0.05) is 6.92 Å². The van der Waals surface area contributed by atoms with E-state index in [1.165, 1.54) is 0 Å². The van der Waals surface area contributed by atoms with E-state index in [9.17, 15) is 4.79 Å². The highest BCUT2D eigenvalue weighted by Gasteiger charge is 2.34. The molecule has 0 radical (unpaired) electrons. The van der Waals surface area contributed by atoms with E-state index in [4.69, 9.17) is 4.74 Å². The summed E-state index contributed by atoms with van der Waals surface area (Å²) < 4.78 is 8.03. The molecule has 0 aromatic carbocycles. The van der Waals surface area contributed by atoms with Gasteiger partial charge in [-0.2, -0.15) is 5.10 Å². The first-order valence-electron chi connectivity index (χ1n) is 6.02. The van der Waals surface area contributed by atoms with E-state index < -0.39 is 0 Å². The van der Waals surface area contributed by atoms with Crippen LogP contribution >= 0.6 is 15.9 Å². The van der Waals surface area contributed by atoms with Gasteiger partial charge in [-0.05, 0) is 35.7 Å². The van der Waals surface area contributed by atoms with E-state index in [0.29, 0.717) is 12.3 Å². The minimum absolute atomic E-state index is 0.0133. The molecule has 2 atom stereocenters. The van der Waals surface area contributed by atoms with Crippen LogP contribution in [0.2, 0.25) is 0 Å². The van der Waals surface area contributed by atoms with Crippen molar-refractivity contribution in [1.29, 1.82) is 0 Å². The van der Waals surface area contributed by atoms with Gasteiger partial charge in [0.1, 0.15) is 5.69 Å². The zero-order chi connectivity index (χ0) is 12.4. The molecule has 2 unspecified atom stereocenters. The third-order valence-electron chi connectivity index (χ3n) is 3.18. The Morgan fingerprint density at radius 2 is 2.47 bits per heavy atom. The number of rotatable bonds is 4. The summed E-state index contributed by atoms with van der Waals surface area (Å²) in [5.74, 6) is 0.117. The molecule has 5 heteroatoms. The summed E-state index contributed by atoms with van der Waals surface area (Å²) >= 11 is 3.41. The highest BCUT2D eigenvalue weighted by atomic mass is 79.9. The molecule has 1 saturated heterocycles. The van der Waals surface area contributed by atoms with Crippen molar-refractivity contribution in [2.24, 2.45) is 5.92 Å². The van der Waals surface area contributed by atoms with Crippen molar-refractivity contribution >= 4 is 21.7 Å². The summed E-state index contributed by atoms with van der Waals surface area (Å²) in [5, 5.41) is 4.23. The molecule has 0 bridgehead atoms. The fraction of sp³-hybridized carbons (Fsp3) is 0.667. The second kappa shape index (κ2) is 5.31. The summed E-state index contributed by atoms with van der Waals surface area (Å²) in [6.07, 6.45) is 3.48. The van der Waals surface area contributed by atoms with Crippen molar-refractivity contribution in [2.75, 3.05) is 6.61 Å². The van der Waals surface area contributed by atoms with Gasteiger partial charge in [0.05, 0.1) is 22.7 Å². The second-order valence-electron chi connectivity index (χ2n) is 4.40. The largest absolute Gasteiger partial charge is 0.378 e. The highest BCUT2D eigenvalue weighted by Crippen LogP contribution is 2.28. The lowest BCUT2D eigenvalue weighted by atomic mass is 9.95. The number of carbonyl (C=O) groups is 1. The molecule has 0 spiro atoms. The fourth-order valence-electron chi connectivity index (χ4n) is 2.24. The number of carbonyl (C=O) groups excluding carboxylic acids is 1. The smallest absolute Gasteiger partial charge is 0.187 e. The number of aryl methyl sites for hydroxylation is 1. The summed E-state index contributed by atoms with van der Waals surface area (Å²) in [4.78, 5) is 12.5. The fourth-order valence-corrected chi connectivity index (χ4v) is 2.73. The molecule has 17 heavy (non-hydrogen) atoms. The van der Waals surface area contributed by atoms with Crippen molar-refractivity contribution in [3.8, 4) is 0 Å². The lowest BCUT2D eigenvalue weighted by Gasteiger charge is -2.14. The summed E-state index contributed by atoms with van der Waals surface area (Å²) in [5.41, 5.74) is 0.689. The van der Waals surface area contributed by atoms with Gasteiger partial charge in [0.15, 0.2) is 5.78 Å². The Kier molecular flexibility index (Phi) is 3.99. The van der Waals surface area contributed by atoms with Crippen molar-refractivity contribution in [2.45, 2.75) is 39.3 Å². The number of aromatic nitrogens is 2. The Balaban J connectivity index is 2.26. The van der Waals surface area contributed by atoms with Gasteiger partial charge in [0.25, 0.3) is 0 Å². The molecular weight excluding hydrogens is 284 g/mol. The third kappa shape index (κ3) is 2.45. The predicted octanol–water partition coefficient (Wildman–Crippen LogP) is 2.66. The van der Waals surface area contributed by atoms with E-state index in [-0.39, 0.29) is 17.8 Å². The Morgan fingerprint density at radius 1 is 1.71 bits per heavy atom. The third-order valence-corrected chi connectivity index (χ3v) is 3.76. The molecule has 1 aliphatic heterocycles. The van der Waals surface area contributed by atoms with E-state index in [1.807, 2.05) is 6.92 Å². The maximum atomic E-state index is 12.5. The molecule has 2 heterocycles. The summed E-state index contributed by atoms with van der Waals surface area (Å²) in [6.45, 7) is 5.49. The Labute approximate surface area is 109 Å². The molecular formula is C12H17BrN2O2. The normalized spacial score (nSPS) is 24.2. The average molecular weight is 301 g/mol. The van der Waals surface area contributed by atoms with Gasteiger partial charge in [-0.25, -0.2) is 0 Å². The minimum Gasteiger partial charge on any atom is -0.378 e. The monoisotopic (exact) mass is 300 g/mol. The number of hydrogen-bond acceptors (Lipinski definition) is 3. The first-order chi connectivity index (χ1) is 8.15. The Bertz CT molecular complexity index is 417. The van der Waals surface area contributed by atoms with E-state index in [1.54, 1.807) is 10.9 Å². The van der Waals surface area contributed by atoms with Crippen LogP contribution in [0.25, 0.3) is 0 Å². The lowest BCUT2D eigenvalue weighted by Crippen LogP contribution is -2.24. The zero-order valence-electron chi connectivity index (χ0n) is 10.1. The molecule has 94 valence electrons.